The van der Waals surface area contributed by atoms with Gasteiger partial charge in [0.25, 0.3) is 6.71 Å². The maximum Gasteiger partial charge on any atom is 0.252 e. The monoisotopic (exact) mass is 888 g/mol. The van der Waals surface area contributed by atoms with Gasteiger partial charge in [0.2, 0.25) is 0 Å². The average Bonchev–Trinajstić information content (AvgIpc) is 3.30. The van der Waals surface area contributed by atoms with Crippen LogP contribution in [0.2, 0.25) is 0 Å². The lowest BCUT2D eigenvalue weighted by molar-refractivity contribution is 0.444. The van der Waals surface area contributed by atoms with E-state index < -0.39 is 0 Å². The van der Waals surface area contributed by atoms with Gasteiger partial charge in [-0.2, -0.15) is 0 Å². The zero-order chi connectivity index (χ0) is 47.2. The van der Waals surface area contributed by atoms with Crippen molar-refractivity contribution in [3.05, 3.63) is 131 Å². The smallest absolute Gasteiger partial charge is 0.252 e. The number of aromatic nitrogens is 3. The van der Waals surface area contributed by atoms with Crippen LogP contribution in [0.4, 0.5) is 34.1 Å². The number of hydrogen-bond donors (Lipinski definition) is 0. The fourth-order valence-corrected chi connectivity index (χ4v) is 11.7. The highest BCUT2D eigenvalue weighted by atomic mass is 15.2. The van der Waals surface area contributed by atoms with E-state index in [4.69, 9.17) is 9.97 Å². The topological polar surface area (TPSA) is 45.2 Å². The fraction of sp³-hybridized carbons (Fsp3) is 0.459. The van der Waals surface area contributed by atoms with E-state index in [2.05, 4.69) is 183 Å². The Balaban J connectivity index is 1.35. The highest BCUT2D eigenvalue weighted by Gasteiger charge is 2.45. The molecule has 2 saturated carbocycles. The third-order valence-corrected chi connectivity index (χ3v) is 15.8. The Bertz CT molecular complexity index is 2590. The predicted octanol–water partition coefficient (Wildman–Crippen LogP) is 14.9. The number of benzene rings is 5. The van der Waals surface area contributed by atoms with Gasteiger partial charge in [-0.15, -0.1) is 0 Å². The summed E-state index contributed by atoms with van der Waals surface area (Å²) in [5, 5.41) is 0. The second kappa shape index (κ2) is 16.8. The third-order valence-electron chi connectivity index (χ3n) is 15.8. The first-order valence-corrected chi connectivity index (χ1v) is 25.7. The molecule has 5 aromatic carbocycles. The van der Waals surface area contributed by atoms with Crippen molar-refractivity contribution < 1.29 is 0 Å². The third kappa shape index (κ3) is 8.54. The zero-order valence-corrected chi connectivity index (χ0v) is 42.8. The van der Waals surface area contributed by atoms with E-state index in [1.807, 2.05) is 0 Å². The van der Waals surface area contributed by atoms with Gasteiger partial charge in [-0.25, -0.2) is 15.0 Å². The van der Waals surface area contributed by atoms with Crippen LogP contribution in [0.5, 0.6) is 0 Å². The van der Waals surface area contributed by atoms with Gasteiger partial charge in [-0.3, -0.25) is 0 Å². The predicted molar refractivity (Wildman–Crippen MR) is 286 cm³/mol. The molecule has 6 aromatic rings. The molecule has 0 radical (unpaired) electrons. The minimum Gasteiger partial charge on any atom is -0.311 e. The Labute approximate surface area is 403 Å². The van der Waals surface area contributed by atoms with Crippen molar-refractivity contribution in [2.45, 2.75) is 181 Å². The Morgan fingerprint density at radius 1 is 0.433 bits per heavy atom. The summed E-state index contributed by atoms with van der Waals surface area (Å²) in [5.74, 6) is 1.85. The van der Waals surface area contributed by atoms with Crippen LogP contribution in [0.25, 0.3) is 11.4 Å². The summed E-state index contributed by atoms with van der Waals surface area (Å²) in [6, 6.07) is 34.9. The minimum absolute atomic E-state index is 0.0303. The molecule has 0 N–H and O–H groups in total. The maximum absolute atomic E-state index is 4.85. The molecular formula is C61H74BN5. The summed E-state index contributed by atoms with van der Waals surface area (Å²) in [6.45, 7) is 28.3. The van der Waals surface area contributed by atoms with E-state index in [9.17, 15) is 0 Å². The Morgan fingerprint density at radius 2 is 0.806 bits per heavy atom. The molecule has 6 heteroatoms. The Morgan fingerprint density at radius 3 is 1.16 bits per heavy atom. The molecule has 5 nitrogen and oxygen atoms in total. The first-order chi connectivity index (χ1) is 31.7. The average molecular weight is 888 g/mol. The Hall–Kier alpha value is -5.23. The van der Waals surface area contributed by atoms with Crippen molar-refractivity contribution >= 4 is 57.2 Å². The first kappa shape index (κ1) is 45.6. The van der Waals surface area contributed by atoms with Gasteiger partial charge >= 0.3 is 0 Å². The molecule has 67 heavy (non-hydrogen) atoms. The number of fused-ring (bicyclic) bond motifs is 4. The molecule has 3 heterocycles. The van der Waals surface area contributed by atoms with Crippen molar-refractivity contribution in [2.24, 2.45) is 0 Å². The van der Waals surface area contributed by atoms with Gasteiger partial charge in [-0.1, -0.05) is 158 Å². The van der Waals surface area contributed by atoms with Crippen molar-refractivity contribution in [3.8, 4) is 11.4 Å². The van der Waals surface area contributed by atoms with E-state index >= 15 is 0 Å². The van der Waals surface area contributed by atoms with E-state index in [-0.39, 0.29) is 28.4 Å². The van der Waals surface area contributed by atoms with Crippen molar-refractivity contribution in [1.29, 1.82) is 0 Å². The van der Waals surface area contributed by atoms with Gasteiger partial charge < -0.3 is 9.80 Å². The standard InChI is InChI=1S/C61H74BN5/c1-58(2,3)44-31-45(59(4,5)6)34-48(33-44)66-52-25-23-41(39-19-15-13-16-20-39)27-50(52)62-51-28-42(40-21-17-14-18-22-40)24-26-53(51)67(49-35-46(60(7,8)9)32-47(36-49)61(10,11)12)55-30-43(29-54(66)56(55)62)57-64-37-63-38-65-57/h23-40H,13-22H2,1-12H3. The molecule has 2 fully saturated rings. The molecule has 0 unspecified atom stereocenters. The molecule has 0 saturated heterocycles. The number of hydrogen-bond acceptors (Lipinski definition) is 5. The van der Waals surface area contributed by atoms with Crippen LogP contribution < -0.4 is 26.2 Å². The van der Waals surface area contributed by atoms with Gasteiger partial charge in [0.05, 0.1) is 0 Å². The van der Waals surface area contributed by atoms with Crippen LogP contribution in [0.3, 0.4) is 0 Å². The van der Waals surface area contributed by atoms with Crippen LogP contribution >= 0.6 is 0 Å². The summed E-state index contributed by atoms with van der Waals surface area (Å²) in [7, 11) is 0. The van der Waals surface area contributed by atoms with Crippen molar-refractivity contribution in [2.75, 3.05) is 9.80 Å². The summed E-state index contributed by atoms with van der Waals surface area (Å²) in [5.41, 5.74) is 20.7. The lowest BCUT2D eigenvalue weighted by Gasteiger charge is -2.45. The quantitative estimate of drug-likeness (QED) is 0.161. The highest BCUT2D eigenvalue weighted by Crippen LogP contribution is 2.49. The highest BCUT2D eigenvalue weighted by molar-refractivity contribution is 7.00. The molecule has 2 aliphatic heterocycles. The first-order valence-electron chi connectivity index (χ1n) is 25.7. The molecule has 0 amide bonds. The van der Waals surface area contributed by atoms with Crippen molar-refractivity contribution in [1.82, 2.24) is 15.0 Å². The number of rotatable bonds is 5. The van der Waals surface area contributed by atoms with E-state index in [1.54, 1.807) is 12.7 Å². The molecule has 10 rings (SSSR count). The molecule has 0 atom stereocenters. The molecule has 1 aromatic heterocycles. The van der Waals surface area contributed by atoms with Gasteiger partial charge in [-0.05, 0) is 157 Å². The van der Waals surface area contributed by atoms with Gasteiger partial charge in [0, 0.05) is 39.7 Å². The normalized spacial score (nSPS) is 17.0. The van der Waals surface area contributed by atoms with Crippen molar-refractivity contribution in [3.63, 3.8) is 0 Å². The van der Waals surface area contributed by atoms with Gasteiger partial charge in [0.1, 0.15) is 12.7 Å². The summed E-state index contributed by atoms with van der Waals surface area (Å²) in [4.78, 5) is 19.2. The molecule has 2 aliphatic carbocycles. The minimum atomic E-state index is -0.0533. The lowest BCUT2D eigenvalue weighted by atomic mass is 9.33. The number of nitrogens with zero attached hydrogens (tertiary/aromatic N) is 5. The Kier molecular flexibility index (Phi) is 11.4. The molecular weight excluding hydrogens is 814 g/mol. The number of anilines is 6. The second-order valence-corrected chi connectivity index (χ2v) is 24.8. The largest absolute Gasteiger partial charge is 0.311 e. The summed E-state index contributed by atoms with van der Waals surface area (Å²) in [6.07, 6.45) is 16.3. The lowest BCUT2D eigenvalue weighted by Crippen LogP contribution is -2.61. The van der Waals surface area contributed by atoms with Crippen LogP contribution in [0.15, 0.2) is 97.6 Å². The summed E-state index contributed by atoms with van der Waals surface area (Å²) >= 11 is 0. The SMILES string of the molecule is CC(C)(C)c1cc(N2c3ccc(C4CCCCC4)cc3B3c4cc(C5CCCCC5)ccc4N(c4cc(C(C)(C)C)cc(C(C)(C)C)c4)c4cc(-c5ncncn5)cc2c43)cc(C(C)(C)C)c1. The van der Waals surface area contributed by atoms with Crippen LogP contribution in [-0.2, 0) is 21.7 Å². The fourth-order valence-electron chi connectivity index (χ4n) is 11.7. The molecule has 0 spiro atoms. The van der Waals surface area contributed by atoms with E-state index in [1.165, 1.54) is 148 Å². The van der Waals surface area contributed by atoms with Gasteiger partial charge in [0.15, 0.2) is 5.82 Å². The molecule has 346 valence electrons. The van der Waals surface area contributed by atoms with E-state index in [0.717, 1.165) is 5.56 Å². The maximum atomic E-state index is 4.85. The zero-order valence-electron chi connectivity index (χ0n) is 42.8. The molecule has 4 aliphatic rings. The van der Waals surface area contributed by atoms with Crippen LogP contribution in [0, 0.1) is 0 Å². The van der Waals surface area contributed by atoms with E-state index in [0.29, 0.717) is 17.7 Å². The molecule has 0 bridgehead atoms. The van der Waals surface area contributed by atoms with Crippen LogP contribution in [-0.4, -0.2) is 21.7 Å². The van der Waals surface area contributed by atoms with Crippen LogP contribution in [0.1, 0.15) is 193 Å². The summed E-state index contributed by atoms with van der Waals surface area (Å²) < 4.78 is 0. The second-order valence-electron chi connectivity index (χ2n) is 24.8.